The van der Waals surface area contributed by atoms with Crippen molar-refractivity contribution in [3.05, 3.63) is 94.1 Å². The number of amides is 1. The standard InChI is InChI=1S/C26H23ClN2O4/c1-16-12-20(10-8-18(16)9-11-25(30)31)33-19-5-2-4-17(13-19)15-28-26(32)24-14-21-22(27)6-3-7-23(21)29-24/h2-8,10,12-14,29H,9,11,15H2,1H3,(H,28,32)(H,30,31). The predicted octanol–water partition coefficient (Wildman–Crippen LogP) is 5.87. The Kier molecular flexibility index (Phi) is 6.66. The number of aromatic amines is 1. The molecule has 0 bridgehead atoms. The van der Waals surface area contributed by atoms with Gasteiger partial charge in [0.25, 0.3) is 5.91 Å². The van der Waals surface area contributed by atoms with Gasteiger partial charge in [-0.1, -0.05) is 35.9 Å². The van der Waals surface area contributed by atoms with Gasteiger partial charge in [0.05, 0.1) is 0 Å². The third kappa shape index (κ3) is 5.54. The molecule has 0 aliphatic heterocycles. The minimum Gasteiger partial charge on any atom is -0.481 e. The van der Waals surface area contributed by atoms with Gasteiger partial charge in [0, 0.05) is 28.9 Å². The molecular weight excluding hydrogens is 440 g/mol. The Balaban J connectivity index is 1.39. The van der Waals surface area contributed by atoms with Crippen LogP contribution in [0, 0.1) is 6.92 Å². The topological polar surface area (TPSA) is 91.4 Å². The van der Waals surface area contributed by atoms with E-state index in [4.69, 9.17) is 21.4 Å². The number of halogens is 1. The maximum atomic E-state index is 12.6. The number of benzene rings is 3. The molecule has 4 rings (SSSR count). The highest BCUT2D eigenvalue weighted by molar-refractivity contribution is 6.35. The number of H-pyrrole nitrogens is 1. The van der Waals surface area contributed by atoms with Crippen molar-refractivity contribution in [2.45, 2.75) is 26.3 Å². The lowest BCUT2D eigenvalue weighted by Crippen LogP contribution is -2.23. The second kappa shape index (κ2) is 9.79. The van der Waals surface area contributed by atoms with Crippen molar-refractivity contribution in [3.63, 3.8) is 0 Å². The first kappa shape index (κ1) is 22.4. The third-order valence-corrected chi connectivity index (χ3v) is 5.69. The van der Waals surface area contributed by atoms with Crippen LogP contribution in [-0.4, -0.2) is 22.0 Å². The quantitative estimate of drug-likeness (QED) is 0.305. The molecule has 1 amide bonds. The minimum absolute atomic E-state index is 0.0976. The highest BCUT2D eigenvalue weighted by Crippen LogP contribution is 2.26. The third-order valence-electron chi connectivity index (χ3n) is 5.37. The molecule has 0 saturated heterocycles. The number of aliphatic carboxylic acids is 1. The number of aryl methyl sites for hydroxylation is 2. The fourth-order valence-corrected chi connectivity index (χ4v) is 3.86. The zero-order valence-corrected chi connectivity index (χ0v) is 18.8. The number of carbonyl (C=O) groups is 2. The molecule has 0 radical (unpaired) electrons. The van der Waals surface area contributed by atoms with E-state index < -0.39 is 5.97 Å². The van der Waals surface area contributed by atoms with Gasteiger partial charge in [0.2, 0.25) is 0 Å². The van der Waals surface area contributed by atoms with E-state index in [1.165, 1.54) is 0 Å². The van der Waals surface area contributed by atoms with Crippen LogP contribution in [-0.2, 0) is 17.8 Å². The van der Waals surface area contributed by atoms with Crippen LogP contribution in [0.3, 0.4) is 0 Å². The molecule has 7 heteroatoms. The summed E-state index contributed by atoms with van der Waals surface area (Å²) in [5.41, 5.74) is 4.12. The highest BCUT2D eigenvalue weighted by atomic mass is 35.5. The molecule has 0 unspecified atom stereocenters. The number of hydrogen-bond donors (Lipinski definition) is 3. The van der Waals surface area contributed by atoms with Gasteiger partial charge in [-0.2, -0.15) is 0 Å². The van der Waals surface area contributed by atoms with Gasteiger partial charge in [-0.05, 0) is 72.5 Å². The minimum atomic E-state index is -0.813. The number of fused-ring (bicyclic) bond motifs is 1. The largest absolute Gasteiger partial charge is 0.481 e. The van der Waals surface area contributed by atoms with Crippen molar-refractivity contribution >= 4 is 34.4 Å². The van der Waals surface area contributed by atoms with Crippen molar-refractivity contribution in [3.8, 4) is 11.5 Å². The van der Waals surface area contributed by atoms with Gasteiger partial charge in [-0.3, -0.25) is 9.59 Å². The average molecular weight is 463 g/mol. The summed E-state index contributed by atoms with van der Waals surface area (Å²) in [4.78, 5) is 26.5. The highest BCUT2D eigenvalue weighted by Gasteiger charge is 2.11. The monoisotopic (exact) mass is 462 g/mol. The first-order chi connectivity index (χ1) is 15.9. The molecule has 33 heavy (non-hydrogen) atoms. The Morgan fingerprint density at radius 1 is 1.03 bits per heavy atom. The van der Waals surface area contributed by atoms with Gasteiger partial charge in [0.15, 0.2) is 0 Å². The van der Waals surface area contributed by atoms with Crippen LogP contribution in [0.5, 0.6) is 11.5 Å². The molecule has 168 valence electrons. The van der Waals surface area contributed by atoms with E-state index in [9.17, 15) is 9.59 Å². The fourth-order valence-electron chi connectivity index (χ4n) is 3.63. The van der Waals surface area contributed by atoms with Crippen molar-refractivity contribution in [1.29, 1.82) is 0 Å². The number of carboxylic acid groups (broad SMARTS) is 1. The summed E-state index contributed by atoms with van der Waals surface area (Å²) in [5.74, 6) is 0.285. The summed E-state index contributed by atoms with van der Waals surface area (Å²) in [7, 11) is 0. The van der Waals surface area contributed by atoms with Gasteiger partial charge < -0.3 is 20.1 Å². The zero-order chi connectivity index (χ0) is 23.4. The predicted molar refractivity (Wildman–Crippen MR) is 128 cm³/mol. The summed E-state index contributed by atoms with van der Waals surface area (Å²) >= 11 is 6.19. The number of rotatable bonds is 8. The van der Waals surface area contributed by atoms with Crippen molar-refractivity contribution in [2.75, 3.05) is 0 Å². The fraction of sp³-hybridized carbons (Fsp3) is 0.154. The summed E-state index contributed by atoms with van der Waals surface area (Å²) < 4.78 is 5.98. The Bertz CT molecular complexity index is 1330. The number of carboxylic acids is 1. The molecule has 3 aromatic carbocycles. The molecule has 4 aromatic rings. The van der Waals surface area contributed by atoms with Crippen LogP contribution in [0.2, 0.25) is 5.02 Å². The van der Waals surface area contributed by atoms with E-state index >= 15 is 0 Å². The van der Waals surface area contributed by atoms with Crippen molar-refractivity contribution < 1.29 is 19.4 Å². The van der Waals surface area contributed by atoms with Crippen LogP contribution in [0.4, 0.5) is 0 Å². The van der Waals surface area contributed by atoms with E-state index in [1.807, 2.05) is 61.5 Å². The molecule has 0 spiro atoms. The number of nitrogens with one attached hydrogen (secondary N) is 2. The number of aromatic nitrogens is 1. The second-order valence-corrected chi connectivity index (χ2v) is 8.21. The van der Waals surface area contributed by atoms with Gasteiger partial charge >= 0.3 is 5.97 Å². The number of hydrogen-bond acceptors (Lipinski definition) is 3. The summed E-state index contributed by atoms with van der Waals surface area (Å²) in [6, 6.07) is 20.4. The summed E-state index contributed by atoms with van der Waals surface area (Å²) in [6.07, 6.45) is 0.583. The Hall–Kier alpha value is -3.77. The van der Waals surface area contributed by atoms with Crippen LogP contribution < -0.4 is 10.1 Å². The average Bonchev–Trinajstić information content (AvgIpc) is 3.23. The molecule has 0 aliphatic rings. The lowest BCUT2D eigenvalue weighted by Gasteiger charge is -2.11. The number of ether oxygens (including phenoxy) is 1. The number of carbonyl (C=O) groups excluding carboxylic acids is 1. The summed E-state index contributed by atoms with van der Waals surface area (Å²) in [5, 5.41) is 13.2. The van der Waals surface area contributed by atoms with E-state index in [1.54, 1.807) is 12.1 Å². The van der Waals surface area contributed by atoms with Gasteiger partial charge in [0.1, 0.15) is 17.2 Å². The smallest absolute Gasteiger partial charge is 0.303 e. The molecule has 3 N–H and O–H groups in total. The molecule has 6 nitrogen and oxygen atoms in total. The van der Waals surface area contributed by atoms with Crippen LogP contribution in [0.25, 0.3) is 10.9 Å². The first-order valence-electron chi connectivity index (χ1n) is 10.5. The zero-order valence-electron chi connectivity index (χ0n) is 18.0. The second-order valence-electron chi connectivity index (χ2n) is 7.80. The Morgan fingerprint density at radius 3 is 2.58 bits per heavy atom. The molecular formula is C26H23ClN2O4. The lowest BCUT2D eigenvalue weighted by atomic mass is 10.0. The van der Waals surface area contributed by atoms with E-state index in [0.29, 0.717) is 35.2 Å². The molecule has 0 atom stereocenters. The van der Waals surface area contributed by atoms with Crippen LogP contribution in [0.1, 0.15) is 33.6 Å². The molecule has 0 saturated carbocycles. The molecule has 0 aliphatic carbocycles. The maximum Gasteiger partial charge on any atom is 0.303 e. The SMILES string of the molecule is Cc1cc(Oc2cccc(CNC(=O)c3cc4c(Cl)cccc4[nH]3)c2)ccc1CCC(=O)O. The van der Waals surface area contributed by atoms with Gasteiger partial charge in [-0.25, -0.2) is 0 Å². The van der Waals surface area contributed by atoms with Crippen LogP contribution >= 0.6 is 11.6 Å². The maximum absolute atomic E-state index is 12.6. The van der Waals surface area contributed by atoms with E-state index in [0.717, 1.165) is 27.6 Å². The van der Waals surface area contributed by atoms with Gasteiger partial charge in [-0.15, -0.1) is 0 Å². The normalized spacial score (nSPS) is 10.8. The molecule has 1 aromatic heterocycles. The van der Waals surface area contributed by atoms with E-state index in [-0.39, 0.29) is 12.3 Å². The summed E-state index contributed by atoms with van der Waals surface area (Å²) in [6.45, 7) is 2.28. The lowest BCUT2D eigenvalue weighted by molar-refractivity contribution is -0.136. The molecule has 0 fully saturated rings. The van der Waals surface area contributed by atoms with Crippen molar-refractivity contribution in [1.82, 2.24) is 10.3 Å². The Labute approximate surface area is 196 Å². The van der Waals surface area contributed by atoms with Crippen molar-refractivity contribution in [2.24, 2.45) is 0 Å². The Morgan fingerprint density at radius 2 is 1.82 bits per heavy atom. The first-order valence-corrected chi connectivity index (χ1v) is 10.9. The van der Waals surface area contributed by atoms with Crippen LogP contribution in [0.15, 0.2) is 66.7 Å². The molecule has 1 heterocycles. The van der Waals surface area contributed by atoms with E-state index in [2.05, 4.69) is 10.3 Å².